The summed E-state index contributed by atoms with van der Waals surface area (Å²) in [4.78, 5) is 0. The standard InChI is InChI=1S/C32H58O3Si2/c1-13-17-31(25-33-9)19-15-27(21-31)23-36(11,29(3,4)5)35-37(12,30(6,7)8)24-28-16-20-32(22-28,18-14-2)26-34-10/h13-16,19-20,27-28H,1-2,17-18,21-26H2,3-12H3. The van der Waals surface area contributed by atoms with Gasteiger partial charge in [0.05, 0.1) is 13.2 Å². The molecule has 212 valence electrons. The number of allylic oxidation sites excluding steroid dienone is 4. The maximum atomic E-state index is 7.76. The van der Waals surface area contributed by atoms with E-state index < -0.39 is 16.6 Å². The predicted octanol–water partition coefficient (Wildman–Crippen LogP) is 9.32. The zero-order valence-electron chi connectivity index (χ0n) is 25.9. The van der Waals surface area contributed by atoms with E-state index in [0.29, 0.717) is 11.8 Å². The minimum absolute atomic E-state index is 0.0869. The average molecular weight is 547 g/mol. The molecular weight excluding hydrogens is 489 g/mol. The Morgan fingerprint density at radius 2 is 1.11 bits per heavy atom. The van der Waals surface area contributed by atoms with Gasteiger partial charge < -0.3 is 13.6 Å². The van der Waals surface area contributed by atoms with Crippen LogP contribution < -0.4 is 0 Å². The lowest BCUT2D eigenvalue weighted by Gasteiger charge is -2.52. The highest BCUT2D eigenvalue weighted by molar-refractivity contribution is 6.88. The Morgan fingerprint density at radius 3 is 1.38 bits per heavy atom. The van der Waals surface area contributed by atoms with Gasteiger partial charge in [0, 0.05) is 25.0 Å². The largest absolute Gasteiger partial charge is 0.454 e. The van der Waals surface area contributed by atoms with Crippen LogP contribution in [0.5, 0.6) is 0 Å². The van der Waals surface area contributed by atoms with Gasteiger partial charge in [-0.25, -0.2) is 0 Å². The molecule has 5 heteroatoms. The van der Waals surface area contributed by atoms with Crippen molar-refractivity contribution in [2.75, 3.05) is 27.4 Å². The molecule has 0 aromatic rings. The van der Waals surface area contributed by atoms with E-state index in [1.165, 1.54) is 12.1 Å². The van der Waals surface area contributed by atoms with E-state index in [1.807, 2.05) is 14.2 Å². The van der Waals surface area contributed by atoms with E-state index in [0.717, 1.165) is 38.9 Å². The van der Waals surface area contributed by atoms with Gasteiger partial charge in [0.1, 0.15) is 0 Å². The second-order valence-corrected chi connectivity index (χ2v) is 24.3. The van der Waals surface area contributed by atoms with Gasteiger partial charge in [-0.2, -0.15) is 0 Å². The molecule has 6 unspecified atom stereocenters. The minimum Gasteiger partial charge on any atom is -0.454 e. The van der Waals surface area contributed by atoms with Crippen molar-refractivity contribution in [3.05, 3.63) is 49.6 Å². The van der Waals surface area contributed by atoms with Crippen molar-refractivity contribution >= 4 is 16.6 Å². The Hall–Kier alpha value is -0.726. The highest BCUT2D eigenvalue weighted by Crippen LogP contribution is 2.53. The highest BCUT2D eigenvalue weighted by atomic mass is 28.4. The summed E-state index contributed by atoms with van der Waals surface area (Å²) < 4.78 is 19.1. The summed E-state index contributed by atoms with van der Waals surface area (Å²) in [5.74, 6) is 1.08. The fourth-order valence-corrected chi connectivity index (χ4v) is 17.4. The monoisotopic (exact) mass is 546 g/mol. The molecule has 0 heterocycles. The molecule has 0 amide bonds. The molecule has 2 rings (SSSR count). The molecule has 0 radical (unpaired) electrons. The van der Waals surface area contributed by atoms with Crippen LogP contribution in [0.4, 0.5) is 0 Å². The van der Waals surface area contributed by atoms with Crippen LogP contribution in [-0.4, -0.2) is 44.1 Å². The fourth-order valence-electron chi connectivity index (χ4n) is 6.56. The van der Waals surface area contributed by atoms with E-state index in [-0.39, 0.29) is 20.9 Å². The lowest BCUT2D eigenvalue weighted by molar-refractivity contribution is 0.107. The number of ether oxygens (including phenoxy) is 2. The molecule has 0 N–H and O–H groups in total. The van der Waals surface area contributed by atoms with Crippen LogP contribution in [0.25, 0.3) is 0 Å². The molecule has 37 heavy (non-hydrogen) atoms. The lowest BCUT2D eigenvalue weighted by atomic mass is 9.83. The molecule has 0 aliphatic heterocycles. The zero-order chi connectivity index (χ0) is 28.2. The molecule has 0 spiro atoms. The molecule has 2 aliphatic carbocycles. The second kappa shape index (κ2) is 12.2. The van der Waals surface area contributed by atoms with Gasteiger partial charge >= 0.3 is 0 Å². The van der Waals surface area contributed by atoms with Crippen LogP contribution in [0.1, 0.15) is 67.2 Å². The van der Waals surface area contributed by atoms with Crippen molar-refractivity contribution in [2.45, 2.75) is 102 Å². The molecule has 0 saturated heterocycles. The van der Waals surface area contributed by atoms with Gasteiger partial charge in [0.15, 0.2) is 16.6 Å². The first-order valence-corrected chi connectivity index (χ1v) is 19.5. The molecular formula is C32H58O3Si2. The van der Waals surface area contributed by atoms with Crippen molar-refractivity contribution in [3.8, 4) is 0 Å². The summed E-state index contributed by atoms with van der Waals surface area (Å²) in [6, 6.07) is 2.33. The maximum absolute atomic E-state index is 7.76. The Morgan fingerprint density at radius 1 is 0.757 bits per heavy atom. The first-order valence-electron chi connectivity index (χ1n) is 14.3. The molecule has 2 aliphatic rings. The van der Waals surface area contributed by atoms with Gasteiger partial charge in [-0.15, -0.1) is 13.2 Å². The second-order valence-electron chi connectivity index (χ2n) is 14.7. The van der Waals surface area contributed by atoms with Crippen LogP contribution >= 0.6 is 0 Å². The van der Waals surface area contributed by atoms with Gasteiger partial charge in [-0.1, -0.05) is 78.0 Å². The first kappa shape index (κ1) is 32.5. The van der Waals surface area contributed by atoms with Gasteiger partial charge in [0.25, 0.3) is 0 Å². The fraction of sp³-hybridized carbons (Fsp3) is 0.750. The first-order chi connectivity index (χ1) is 17.0. The predicted molar refractivity (Wildman–Crippen MR) is 166 cm³/mol. The Bertz CT molecular complexity index is 770. The molecule has 0 saturated carbocycles. The summed E-state index contributed by atoms with van der Waals surface area (Å²) in [6.07, 6.45) is 18.1. The van der Waals surface area contributed by atoms with E-state index >= 15 is 0 Å². The number of methoxy groups -OCH3 is 2. The number of hydrogen-bond acceptors (Lipinski definition) is 3. The van der Waals surface area contributed by atoms with E-state index in [9.17, 15) is 0 Å². The van der Waals surface area contributed by atoms with E-state index in [1.54, 1.807) is 0 Å². The molecule has 0 fully saturated rings. The Labute approximate surface area is 232 Å². The summed E-state index contributed by atoms with van der Waals surface area (Å²) >= 11 is 0. The molecule has 3 nitrogen and oxygen atoms in total. The molecule has 0 aromatic carbocycles. The van der Waals surface area contributed by atoms with Crippen LogP contribution in [0.3, 0.4) is 0 Å². The summed E-state index contributed by atoms with van der Waals surface area (Å²) in [7, 11) is -0.624. The Kier molecular flexibility index (Phi) is 10.7. The normalized spacial score (nSPS) is 31.3. The third-order valence-corrected chi connectivity index (χ3v) is 22.2. The quantitative estimate of drug-likeness (QED) is 0.160. The lowest BCUT2D eigenvalue weighted by Crippen LogP contribution is -2.58. The van der Waals surface area contributed by atoms with Gasteiger partial charge in [0.2, 0.25) is 0 Å². The molecule has 0 bridgehead atoms. The van der Waals surface area contributed by atoms with Crippen LogP contribution in [0, 0.1) is 22.7 Å². The van der Waals surface area contributed by atoms with Crippen molar-refractivity contribution < 1.29 is 13.6 Å². The van der Waals surface area contributed by atoms with E-state index in [2.05, 4.69) is 104 Å². The summed E-state index contributed by atoms with van der Waals surface area (Å²) in [5.41, 5.74) is 0.174. The van der Waals surface area contributed by atoms with Crippen LogP contribution in [-0.2, 0) is 13.6 Å². The van der Waals surface area contributed by atoms with Gasteiger partial charge in [-0.3, -0.25) is 0 Å². The molecule has 6 atom stereocenters. The third-order valence-electron chi connectivity index (χ3n) is 9.67. The minimum atomic E-state index is -2.13. The highest BCUT2D eigenvalue weighted by Gasteiger charge is 2.54. The SMILES string of the molecule is C=CCC1(COC)C=CC(C[Si](C)(O[Si](C)(CC2C=CC(CC=C)(COC)C2)C(C)(C)C)C(C)(C)C)C1. The number of rotatable bonds is 14. The molecule has 0 aromatic heterocycles. The van der Waals surface area contributed by atoms with Crippen molar-refractivity contribution in [1.29, 1.82) is 0 Å². The third kappa shape index (κ3) is 7.69. The Balaban J connectivity index is 2.30. The van der Waals surface area contributed by atoms with E-state index in [4.69, 9.17) is 13.6 Å². The van der Waals surface area contributed by atoms with Crippen molar-refractivity contribution in [2.24, 2.45) is 22.7 Å². The topological polar surface area (TPSA) is 27.7 Å². The van der Waals surface area contributed by atoms with Crippen molar-refractivity contribution in [3.63, 3.8) is 0 Å². The smallest absolute Gasteiger partial charge is 0.182 e. The van der Waals surface area contributed by atoms with Crippen LogP contribution in [0.2, 0.25) is 35.3 Å². The summed E-state index contributed by atoms with van der Waals surface area (Å²) in [6.45, 7) is 29.2. The van der Waals surface area contributed by atoms with Crippen LogP contribution in [0.15, 0.2) is 49.6 Å². The summed E-state index contributed by atoms with van der Waals surface area (Å²) in [5, 5.41) is 0.304. The average Bonchev–Trinajstić information content (AvgIpc) is 3.31. The number of hydrogen-bond donors (Lipinski definition) is 0. The maximum Gasteiger partial charge on any atom is 0.182 e. The van der Waals surface area contributed by atoms with Crippen molar-refractivity contribution in [1.82, 2.24) is 0 Å². The zero-order valence-corrected chi connectivity index (χ0v) is 27.9. The van der Waals surface area contributed by atoms with Gasteiger partial charge in [-0.05, 0) is 72.8 Å².